The first kappa shape index (κ1) is 24.9. The van der Waals surface area contributed by atoms with Gasteiger partial charge in [-0.1, -0.05) is 44.9 Å². The second kappa shape index (κ2) is 11.4. The molecule has 0 radical (unpaired) electrons. The SMILES string of the molecule is CCC(CC)COC(=O)[C@H](C)NP(=O)(OCC1C(=O)C2CCN1CC2)Oc1ccccc1. The molecule has 0 aliphatic carbocycles. The molecule has 4 rings (SSSR count). The smallest absolute Gasteiger partial charge is 0.459 e. The van der Waals surface area contributed by atoms with Crippen molar-refractivity contribution >= 4 is 19.5 Å². The van der Waals surface area contributed by atoms with Crippen LogP contribution in [0.25, 0.3) is 0 Å². The number of Topliss-reactive ketones (excluding diaryl/α,β-unsaturated/α-hetero) is 1. The third-order valence-electron chi connectivity index (χ3n) is 6.39. The van der Waals surface area contributed by atoms with Gasteiger partial charge in [-0.15, -0.1) is 0 Å². The Kier molecular flexibility index (Phi) is 8.88. The molecule has 1 N–H and O–H groups in total. The lowest BCUT2D eigenvalue weighted by molar-refractivity contribution is -0.147. The zero-order valence-corrected chi connectivity index (χ0v) is 20.1. The van der Waals surface area contributed by atoms with Gasteiger partial charge in [0.2, 0.25) is 0 Å². The highest BCUT2D eigenvalue weighted by atomic mass is 31.2. The van der Waals surface area contributed by atoms with E-state index in [9.17, 15) is 14.2 Å². The number of ketones is 1. The lowest BCUT2D eigenvalue weighted by Crippen LogP contribution is -2.57. The maximum absolute atomic E-state index is 13.6. The van der Waals surface area contributed by atoms with Gasteiger partial charge in [0.25, 0.3) is 0 Å². The summed E-state index contributed by atoms with van der Waals surface area (Å²) in [7, 11) is -3.96. The van der Waals surface area contributed by atoms with Crippen LogP contribution in [-0.2, 0) is 23.4 Å². The van der Waals surface area contributed by atoms with E-state index in [1.54, 1.807) is 31.2 Å². The van der Waals surface area contributed by atoms with Gasteiger partial charge in [0.05, 0.1) is 19.3 Å². The Hall–Kier alpha value is -1.73. The fourth-order valence-corrected chi connectivity index (χ4v) is 5.65. The van der Waals surface area contributed by atoms with Crippen molar-refractivity contribution in [1.82, 2.24) is 9.99 Å². The first-order valence-electron chi connectivity index (χ1n) is 11.6. The number of fused-ring (bicyclic) bond motifs is 3. The van der Waals surface area contributed by atoms with Crippen molar-refractivity contribution in [2.45, 2.75) is 58.5 Å². The molecule has 1 aromatic carbocycles. The third-order valence-corrected chi connectivity index (χ3v) is 8.04. The summed E-state index contributed by atoms with van der Waals surface area (Å²) in [5.41, 5.74) is 0. The molecule has 0 amide bonds. The average molecular weight is 467 g/mol. The lowest BCUT2D eigenvalue weighted by atomic mass is 9.82. The number of nitrogens with one attached hydrogen (secondary N) is 1. The predicted octanol–water partition coefficient (Wildman–Crippen LogP) is 3.81. The summed E-state index contributed by atoms with van der Waals surface area (Å²) in [4.78, 5) is 27.2. The van der Waals surface area contributed by atoms with Crippen molar-refractivity contribution in [2.75, 3.05) is 26.3 Å². The monoisotopic (exact) mass is 466 g/mol. The van der Waals surface area contributed by atoms with E-state index in [4.69, 9.17) is 13.8 Å². The highest BCUT2D eigenvalue weighted by molar-refractivity contribution is 7.52. The fraction of sp³-hybridized carbons (Fsp3) is 0.652. The maximum atomic E-state index is 13.6. The molecule has 8 nitrogen and oxygen atoms in total. The fourth-order valence-electron chi connectivity index (χ4n) is 4.15. The van der Waals surface area contributed by atoms with Crippen LogP contribution in [0.2, 0.25) is 0 Å². The molecule has 3 fully saturated rings. The molecule has 32 heavy (non-hydrogen) atoms. The summed E-state index contributed by atoms with van der Waals surface area (Å²) >= 11 is 0. The van der Waals surface area contributed by atoms with Gasteiger partial charge in [0, 0.05) is 5.92 Å². The minimum atomic E-state index is -3.96. The van der Waals surface area contributed by atoms with Gasteiger partial charge in [-0.25, -0.2) is 4.57 Å². The molecule has 3 aliphatic heterocycles. The standard InChI is InChI=1S/C23H35N2O6P/c1-4-18(5-2)15-29-23(27)17(3)24-32(28,31-20-9-7-6-8-10-20)30-16-21-22(26)19-11-13-25(21)14-12-19/h6-10,17-19,21H,4-5,11-16H2,1-3H3,(H,24,28)/t17-,21?,32?/m0/s1. The van der Waals surface area contributed by atoms with E-state index in [0.717, 1.165) is 38.8 Å². The second-order valence-electron chi connectivity index (χ2n) is 8.59. The maximum Gasteiger partial charge on any atom is 0.459 e. The number of ether oxygens (including phenoxy) is 1. The Morgan fingerprint density at radius 1 is 1.19 bits per heavy atom. The topological polar surface area (TPSA) is 94.2 Å². The molecule has 3 saturated heterocycles. The van der Waals surface area contributed by atoms with E-state index in [2.05, 4.69) is 23.8 Å². The van der Waals surface area contributed by atoms with Crippen LogP contribution in [0.4, 0.5) is 0 Å². The van der Waals surface area contributed by atoms with E-state index < -0.39 is 25.8 Å². The van der Waals surface area contributed by atoms with Crippen LogP contribution in [-0.4, -0.2) is 55.0 Å². The Balaban J connectivity index is 1.66. The summed E-state index contributed by atoms with van der Waals surface area (Å²) in [5, 5.41) is 2.71. The molecule has 2 unspecified atom stereocenters. The van der Waals surface area contributed by atoms with Crippen LogP contribution < -0.4 is 9.61 Å². The van der Waals surface area contributed by atoms with E-state index in [1.807, 2.05) is 6.07 Å². The van der Waals surface area contributed by atoms with Crippen molar-refractivity contribution in [1.29, 1.82) is 0 Å². The number of hydrogen-bond acceptors (Lipinski definition) is 7. The second-order valence-corrected chi connectivity index (χ2v) is 10.3. The summed E-state index contributed by atoms with van der Waals surface area (Å²) < 4.78 is 30.4. The van der Waals surface area contributed by atoms with Crippen LogP contribution in [0, 0.1) is 11.8 Å². The summed E-state index contributed by atoms with van der Waals surface area (Å²) in [6.07, 6.45) is 3.56. The van der Waals surface area contributed by atoms with Crippen molar-refractivity contribution in [3.63, 3.8) is 0 Å². The molecule has 0 aromatic heterocycles. The Morgan fingerprint density at radius 3 is 2.44 bits per heavy atom. The number of esters is 1. The van der Waals surface area contributed by atoms with E-state index in [1.165, 1.54) is 0 Å². The van der Waals surface area contributed by atoms with Crippen LogP contribution >= 0.6 is 7.75 Å². The highest BCUT2D eigenvalue weighted by Crippen LogP contribution is 2.45. The molecule has 9 heteroatoms. The number of carbonyl (C=O) groups excluding carboxylic acids is 2. The Labute approximate surface area is 190 Å². The predicted molar refractivity (Wildman–Crippen MR) is 121 cm³/mol. The number of benzene rings is 1. The van der Waals surface area contributed by atoms with Crippen LogP contribution in [0.5, 0.6) is 5.75 Å². The van der Waals surface area contributed by atoms with Gasteiger partial charge in [-0.2, -0.15) is 5.09 Å². The lowest BCUT2D eigenvalue weighted by Gasteiger charge is -2.43. The minimum absolute atomic E-state index is 0.0509. The van der Waals surface area contributed by atoms with Crippen LogP contribution in [0.3, 0.4) is 0 Å². The van der Waals surface area contributed by atoms with Gasteiger partial charge in [0.15, 0.2) is 5.78 Å². The Bertz CT molecular complexity index is 808. The molecule has 3 heterocycles. The molecule has 0 saturated carbocycles. The molecule has 0 spiro atoms. The number of rotatable bonds is 12. The number of nitrogens with zero attached hydrogens (tertiary/aromatic N) is 1. The summed E-state index contributed by atoms with van der Waals surface area (Å²) in [6, 6.07) is 7.29. The van der Waals surface area contributed by atoms with Crippen molar-refractivity contribution in [2.24, 2.45) is 11.8 Å². The zero-order chi connectivity index (χ0) is 23.1. The van der Waals surface area contributed by atoms with Gasteiger partial charge in [-0.3, -0.25) is 19.0 Å². The molecule has 3 atom stereocenters. The average Bonchev–Trinajstić information content (AvgIpc) is 2.80. The molecular weight excluding hydrogens is 431 g/mol. The molecular formula is C23H35N2O6P. The van der Waals surface area contributed by atoms with Crippen LogP contribution in [0.15, 0.2) is 30.3 Å². The molecule has 3 aliphatic rings. The number of piperidine rings is 3. The first-order valence-corrected chi connectivity index (χ1v) is 13.1. The normalized spacial score (nSPS) is 25.4. The highest BCUT2D eigenvalue weighted by Gasteiger charge is 2.43. The largest absolute Gasteiger partial charge is 0.464 e. The van der Waals surface area contributed by atoms with E-state index >= 15 is 0 Å². The van der Waals surface area contributed by atoms with Crippen molar-refractivity contribution in [3.05, 3.63) is 30.3 Å². The first-order chi connectivity index (χ1) is 15.3. The quantitative estimate of drug-likeness (QED) is 0.367. The van der Waals surface area contributed by atoms with Gasteiger partial charge >= 0.3 is 13.7 Å². The summed E-state index contributed by atoms with van der Waals surface area (Å²) in [5.74, 6) is 0.296. The molecule has 2 bridgehead atoms. The molecule has 178 valence electrons. The van der Waals surface area contributed by atoms with E-state index in [0.29, 0.717) is 12.4 Å². The van der Waals surface area contributed by atoms with Crippen molar-refractivity contribution < 1.29 is 27.9 Å². The van der Waals surface area contributed by atoms with Crippen molar-refractivity contribution in [3.8, 4) is 5.75 Å². The Morgan fingerprint density at radius 2 is 1.84 bits per heavy atom. The van der Waals surface area contributed by atoms with E-state index in [-0.39, 0.29) is 24.2 Å². The minimum Gasteiger partial charge on any atom is -0.464 e. The number of para-hydroxylation sites is 1. The van der Waals surface area contributed by atoms with Gasteiger partial charge in [0.1, 0.15) is 11.8 Å². The van der Waals surface area contributed by atoms with Crippen LogP contribution in [0.1, 0.15) is 46.5 Å². The number of carbonyl (C=O) groups is 2. The van der Waals surface area contributed by atoms with Gasteiger partial charge in [-0.05, 0) is 50.9 Å². The molecule has 1 aromatic rings. The zero-order valence-electron chi connectivity index (χ0n) is 19.2. The van der Waals surface area contributed by atoms with Gasteiger partial charge < -0.3 is 9.26 Å². The summed E-state index contributed by atoms with van der Waals surface area (Å²) in [6.45, 7) is 7.60. The number of hydrogen-bond donors (Lipinski definition) is 1. The third kappa shape index (κ3) is 6.41.